The third-order valence-electron chi connectivity index (χ3n) is 6.73. The summed E-state index contributed by atoms with van der Waals surface area (Å²) in [5.41, 5.74) is 0. The van der Waals surface area contributed by atoms with Crippen LogP contribution in [0.5, 0.6) is 0 Å². The lowest BCUT2D eigenvalue weighted by Crippen LogP contribution is -2.49. The van der Waals surface area contributed by atoms with E-state index in [1.165, 1.54) is 0 Å². The maximum absolute atomic E-state index is 11.4. The minimum atomic E-state index is -0.992. The van der Waals surface area contributed by atoms with Crippen molar-refractivity contribution in [2.45, 2.75) is 51.0 Å². The molecule has 0 aromatic carbocycles. The van der Waals surface area contributed by atoms with Gasteiger partial charge in [-0.1, -0.05) is 32.1 Å². The molecule has 0 aromatic rings. The molecule has 0 bridgehead atoms. The maximum Gasteiger partial charge on any atom is 0.317 e. The number of carboxylic acids is 3. The van der Waals surface area contributed by atoms with Crippen LogP contribution >= 0.6 is 0 Å². The second kappa shape index (κ2) is 21.9. The molecule has 13 nitrogen and oxygen atoms in total. The van der Waals surface area contributed by atoms with Crippen molar-refractivity contribution >= 4 is 17.9 Å². The van der Waals surface area contributed by atoms with Crippen molar-refractivity contribution in [1.29, 1.82) is 0 Å². The Bertz CT molecular complexity index is 654. The van der Waals surface area contributed by atoms with E-state index < -0.39 is 24.0 Å². The first-order valence-corrected chi connectivity index (χ1v) is 14.1. The molecule has 0 aliphatic carbocycles. The maximum atomic E-state index is 11.4. The van der Waals surface area contributed by atoms with Crippen LogP contribution in [0.3, 0.4) is 0 Å². The van der Waals surface area contributed by atoms with Gasteiger partial charge < -0.3 is 30.3 Å². The topological polar surface area (TPSA) is 175 Å². The van der Waals surface area contributed by atoms with E-state index >= 15 is 0 Å². The Morgan fingerprint density at radius 2 is 0.949 bits per heavy atom. The fourth-order valence-corrected chi connectivity index (χ4v) is 4.58. The number of rotatable bonds is 19. The van der Waals surface area contributed by atoms with Crippen LogP contribution in [0.1, 0.15) is 44.9 Å². The van der Waals surface area contributed by atoms with Crippen LogP contribution in [-0.4, -0.2) is 168 Å². The molecule has 1 rings (SSSR count). The average molecular weight is 563 g/mol. The van der Waals surface area contributed by atoms with Crippen molar-refractivity contribution in [2.24, 2.45) is 0 Å². The minimum Gasteiger partial charge on any atom is -0.480 e. The zero-order chi connectivity index (χ0) is 28.9. The van der Waals surface area contributed by atoms with E-state index in [-0.39, 0.29) is 32.8 Å². The average Bonchev–Trinajstić information content (AvgIpc) is 2.85. The van der Waals surface area contributed by atoms with Gasteiger partial charge in [-0.05, 0) is 12.8 Å². The molecule has 1 unspecified atom stereocenters. The third kappa shape index (κ3) is 19.8. The molecular formula is C26H50N4O9. The smallest absolute Gasteiger partial charge is 0.317 e. The summed E-state index contributed by atoms with van der Waals surface area (Å²) in [5, 5.41) is 47.3. The number of hydrogen-bond acceptors (Lipinski definition) is 10. The van der Waals surface area contributed by atoms with Gasteiger partial charge in [0, 0.05) is 72.1 Å². The highest BCUT2D eigenvalue weighted by atomic mass is 16.5. The fourth-order valence-electron chi connectivity index (χ4n) is 4.58. The molecule has 0 radical (unpaired) electrons. The predicted molar refractivity (Wildman–Crippen MR) is 145 cm³/mol. The van der Waals surface area contributed by atoms with Gasteiger partial charge >= 0.3 is 17.9 Å². The molecule has 39 heavy (non-hydrogen) atoms. The van der Waals surface area contributed by atoms with E-state index in [9.17, 15) is 34.8 Å². The largest absolute Gasteiger partial charge is 0.480 e. The lowest BCUT2D eigenvalue weighted by molar-refractivity contribution is -0.140. The molecule has 1 atom stereocenters. The lowest BCUT2D eigenvalue weighted by atomic mass is 10.1. The Morgan fingerprint density at radius 1 is 0.590 bits per heavy atom. The van der Waals surface area contributed by atoms with Crippen LogP contribution < -0.4 is 0 Å². The quantitative estimate of drug-likeness (QED) is 0.128. The summed E-state index contributed by atoms with van der Waals surface area (Å²) in [7, 11) is 0. The molecule has 228 valence electrons. The summed E-state index contributed by atoms with van der Waals surface area (Å²) < 4.78 is 5.67. The number of β-amino-alcohol motifs (C(OH)–C–C–N with tert-alkyl or cyclic N) is 1. The molecule has 0 amide bonds. The highest BCUT2D eigenvalue weighted by Gasteiger charge is 2.21. The predicted octanol–water partition coefficient (Wildman–Crippen LogP) is -0.438. The molecule has 1 heterocycles. The van der Waals surface area contributed by atoms with E-state index in [4.69, 9.17) is 9.84 Å². The number of carboxylic acid groups (broad SMARTS) is 3. The van der Waals surface area contributed by atoms with Crippen molar-refractivity contribution in [1.82, 2.24) is 19.6 Å². The van der Waals surface area contributed by atoms with Gasteiger partial charge in [-0.3, -0.25) is 34.0 Å². The summed E-state index contributed by atoms with van der Waals surface area (Å²) in [5.74, 6) is -2.93. The standard InChI is InChI=1S/C26H50N4O9/c31-16-6-4-2-1-3-5-7-17-39-22-23(32)18-27-8-10-28(19-24(33)34)12-14-30(21-26(37)38)15-13-29(11-9-27)20-25(35)36/h23,31-32H,1-22H2,(H,33,34)(H,35,36)(H,37,38). The Labute approximate surface area is 231 Å². The van der Waals surface area contributed by atoms with E-state index in [1.54, 1.807) is 14.7 Å². The van der Waals surface area contributed by atoms with Gasteiger partial charge in [0.2, 0.25) is 0 Å². The van der Waals surface area contributed by atoms with Crippen LogP contribution in [0, 0.1) is 0 Å². The molecule has 1 saturated heterocycles. The SMILES string of the molecule is O=C(O)CN1CCN(CC(=O)O)CCN(CC(O)COCCCCCCCCCO)CCN(CC(=O)O)CC1. The highest BCUT2D eigenvalue weighted by Crippen LogP contribution is 2.07. The van der Waals surface area contributed by atoms with Crippen molar-refractivity contribution in [3.63, 3.8) is 0 Å². The lowest BCUT2D eigenvalue weighted by Gasteiger charge is -2.33. The van der Waals surface area contributed by atoms with Crippen molar-refractivity contribution in [3.05, 3.63) is 0 Å². The summed E-state index contributed by atoms with van der Waals surface area (Å²) in [6.07, 6.45) is 6.56. The van der Waals surface area contributed by atoms with Gasteiger partial charge in [0.05, 0.1) is 32.3 Å². The molecule has 1 fully saturated rings. The number of unbranched alkanes of at least 4 members (excludes halogenated alkanes) is 6. The number of hydrogen-bond donors (Lipinski definition) is 5. The second-order valence-corrected chi connectivity index (χ2v) is 10.2. The first-order valence-electron chi connectivity index (χ1n) is 14.1. The summed E-state index contributed by atoms with van der Waals surface area (Å²) in [6, 6.07) is 0. The number of ether oxygens (including phenoxy) is 1. The Balaban J connectivity index is 2.61. The summed E-state index contributed by atoms with van der Waals surface area (Å²) in [6.45, 7) is 3.97. The van der Waals surface area contributed by atoms with E-state index in [0.717, 1.165) is 44.9 Å². The summed E-state index contributed by atoms with van der Waals surface area (Å²) >= 11 is 0. The van der Waals surface area contributed by atoms with Crippen LogP contribution in [0.25, 0.3) is 0 Å². The van der Waals surface area contributed by atoms with Crippen LogP contribution in [0.15, 0.2) is 0 Å². The van der Waals surface area contributed by atoms with E-state index in [0.29, 0.717) is 65.5 Å². The van der Waals surface area contributed by atoms with Crippen molar-refractivity contribution in [3.8, 4) is 0 Å². The van der Waals surface area contributed by atoms with Gasteiger partial charge in [-0.15, -0.1) is 0 Å². The molecule has 0 spiro atoms. The van der Waals surface area contributed by atoms with Crippen molar-refractivity contribution < 1.29 is 44.7 Å². The Morgan fingerprint density at radius 3 is 1.33 bits per heavy atom. The minimum absolute atomic E-state index is 0.174. The molecule has 1 aliphatic rings. The first-order chi connectivity index (χ1) is 18.7. The zero-order valence-electron chi connectivity index (χ0n) is 23.3. The van der Waals surface area contributed by atoms with Gasteiger partial charge in [0.15, 0.2) is 0 Å². The van der Waals surface area contributed by atoms with E-state index in [1.807, 2.05) is 4.90 Å². The number of aliphatic hydroxyl groups is 2. The number of nitrogens with zero attached hydrogens (tertiary/aromatic N) is 4. The fraction of sp³-hybridized carbons (Fsp3) is 0.885. The number of carbonyl (C=O) groups is 3. The molecule has 0 aromatic heterocycles. The van der Waals surface area contributed by atoms with Crippen LogP contribution in [0.2, 0.25) is 0 Å². The van der Waals surface area contributed by atoms with Crippen LogP contribution in [-0.2, 0) is 19.1 Å². The Kier molecular flexibility index (Phi) is 19.7. The van der Waals surface area contributed by atoms with Gasteiger partial charge in [-0.2, -0.15) is 0 Å². The van der Waals surface area contributed by atoms with E-state index in [2.05, 4.69) is 0 Å². The second-order valence-electron chi connectivity index (χ2n) is 10.2. The van der Waals surface area contributed by atoms with Crippen LogP contribution in [0.4, 0.5) is 0 Å². The van der Waals surface area contributed by atoms with Gasteiger partial charge in [0.25, 0.3) is 0 Å². The zero-order valence-corrected chi connectivity index (χ0v) is 23.3. The monoisotopic (exact) mass is 562 g/mol. The van der Waals surface area contributed by atoms with Gasteiger partial charge in [-0.25, -0.2) is 0 Å². The normalized spacial score (nSPS) is 18.3. The molecule has 1 aliphatic heterocycles. The highest BCUT2D eigenvalue weighted by molar-refractivity contribution is 5.69. The molecule has 13 heteroatoms. The molecular weight excluding hydrogens is 512 g/mol. The van der Waals surface area contributed by atoms with Gasteiger partial charge in [0.1, 0.15) is 0 Å². The third-order valence-corrected chi connectivity index (χ3v) is 6.73. The Hall–Kier alpha value is -1.87. The summed E-state index contributed by atoms with van der Waals surface area (Å²) in [4.78, 5) is 41.3. The number of aliphatic hydroxyl groups excluding tert-OH is 2. The molecule has 5 N–H and O–H groups in total. The van der Waals surface area contributed by atoms with Crippen molar-refractivity contribution in [2.75, 3.05) is 98.4 Å². The molecule has 0 saturated carbocycles. The first kappa shape index (κ1) is 35.2. The number of aliphatic carboxylic acids is 3.